The van der Waals surface area contributed by atoms with Crippen LogP contribution in [0.1, 0.15) is 34.4 Å². The quantitative estimate of drug-likeness (QED) is 0.603. The number of nitrogens with zero attached hydrogens (tertiary/aromatic N) is 2. The summed E-state index contributed by atoms with van der Waals surface area (Å²) >= 11 is 0. The molecule has 0 fully saturated rings. The van der Waals surface area contributed by atoms with Gasteiger partial charge in [-0.3, -0.25) is 9.59 Å². The molecule has 7 nitrogen and oxygen atoms in total. The largest absolute Gasteiger partial charge is 0.340 e. The Morgan fingerprint density at radius 3 is 2.17 bits per heavy atom. The number of hydrogen-bond acceptors (Lipinski definition) is 5. The molecule has 0 saturated heterocycles. The van der Waals surface area contributed by atoms with Crippen molar-refractivity contribution < 1.29 is 9.59 Å². The van der Waals surface area contributed by atoms with Crippen LogP contribution in [0.25, 0.3) is 0 Å². The van der Waals surface area contributed by atoms with Crippen LogP contribution in [0.15, 0.2) is 48.5 Å². The molecule has 3 N–H and O–H groups in total. The van der Waals surface area contributed by atoms with Gasteiger partial charge in [0.2, 0.25) is 5.91 Å². The van der Waals surface area contributed by atoms with Crippen molar-refractivity contribution in [2.75, 3.05) is 16.0 Å². The van der Waals surface area contributed by atoms with Crippen LogP contribution in [0.2, 0.25) is 0 Å². The van der Waals surface area contributed by atoms with Gasteiger partial charge in [0.15, 0.2) is 0 Å². The van der Waals surface area contributed by atoms with Gasteiger partial charge >= 0.3 is 0 Å². The minimum Gasteiger partial charge on any atom is -0.340 e. The van der Waals surface area contributed by atoms with Crippen molar-refractivity contribution in [3.8, 4) is 0 Å². The maximum absolute atomic E-state index is 12.7. The van der Waals surface area contributed by atoms with Gasteiger partial charge in [0.1, 0.15) is 17.3 Å². The Morgan fingerprint density at radius 2 is 1.48 bits per heavy atom. The Morgan fingerprint density at radius 1 is 0.793 bits per heavy atom. The summed E-state index contributed by atoms with van der Waals surface area (Å²) in [5.41, 5.74) is 4.52. The molecule has 2 aromatic carbocycles. The van der Waals surface area contributed by atoms with Gasteiger partial charge < -0.3 is 16.0 Å². The lowest BCUT2D eigenvalue weighted by Gasteiger charge is -2.11. The summed E-state index contributed by atoms with van der Waals surface area (Å²) in [4.78, 5) is 32.5. The van der Waals surface area contributed by atoms with E-state index in [0.717, 1.165) is 22.5 Å². The van der Waals surface area contributed by atoms with Crippen molar-refractivity contribution in [1.29, 1.82) is 0 Å². The van der Waals surface area contributed by atoms with E-state index in [9.17, 15) is 9.59 Å². The standard InChI is InChI=1S/C22H23N5O2/c1-13-8-14(2)10-19(9-13)27-22(29)20-12-21(24-15(3)23-20)26-18-7-5-6-17(11-18)25-16(4)28/h5-12H,1-4H3,(H,25,28)(H,27,29)(H,23,24,26). The summed E-state index contributed by atoms with van der Waals surface area (Å²) in [6.45, 7) is 7.14. The third kappa shape index (κ3) is 5.62. The maximum Gasteiger partial charge on any atom is 0.274 e. The predicted octanol–water partition coefficient (Wildman–Crippen LogP) is 4.36. The monoisotopic (exact) mass is 389 g/mol. The van der Waals surface area contributed by atoms with Crippen LogP contribution in [0.3, 0.4) is 0 Å². The van der Waals surface area contributed by atoms with Gasteiger partial charge in [-0.25, -0.2) is 9.97 Å². The first-order valence-corrected chi connectivity index (χ1v) is 9.18. The molecule has 0 bridgehead atoms. The number of aromatic nitrogens is 2. The highest BCUT2D eigenvalue weighted by atomic mass is 16.2. The molecule has 0 aliphatic rings. The third-order valence-corrected chi connectivity index (χ3v) is 4.01. The zero-order valence-corrected chi connectivity index (χ0v) is 16.8. The molecule has 0 spiro atoms. The lowest BCUT2D eigenvalue weighted by atomic mass is 10.1. The number of carbonyl (C=O) groups excluding carboxylic acids is 2. The van der Waals surface area contributed by atoms with Crippen LogP contribution in [-0.4, -0.2) is 21.8 Å². The van der Waals surface area contributed by atoms with Crippen molar-refractivity contribution in [3.63, 3.8) is 0 Å². The number of rotatable bonds is 5. The molecule has 0 aliphatic heterocycles. The molecular weight excluding hydrogens is 366 g/mol. The molecule has 1 heterocycles. The van der Waals surface area contributed by atoms with Crippen LogP contribution in [0.4, 0.5) is 22.9 Å². The van der Waals surface area contributed by atoms with Gasteiger partial charge in [-0.1, -0.05) is 12.1 Å². The van der Waals surface area contributed by atoms with Gasteiger partial charge in [-0.15, -0.1) is 0 Å². The highest BCUT2D eigenvalue weighted by molar-refractivity contribution is 6.03. The Balaban J connectivity index is 1.80. The lowest BCUT2D eigenvalue weighted by molar-refractivity contribution is -0.114. The van der Waals surface area contributed by atoms with Crippen molar-refractivity contribution >= 4 is 34.7 Å². The molecule has 0 aliphatic carbocycles. The topological polar surface area (TPSA) is 96.0 Å². The van der Waals surface area contributed by atoms with E-state index in [-0.39, 0.29) is 17.5 Å². The first-order valence-electron chi connectivity index (χ1n) is 9.18. The number of aryl methyl sites for hydroxylation is 3. The average molecular weight is 389 g/mol. The molecule has 0 radical (unpaired) electrons. The normalized spacial score (nSPS) is 10.3. The van der Waals surface area contributed by atoms with Crippen LogP contribution in [0.5, 0.6) is 0 Å². The van der Waals surface area contributed by atoms with Crippen LogP contribution >= 0.6 is 0 Å². The van der Waals surface area contributed by atoms with Gasteiger partial charge in [0.05, 0.1) is 0 Å². The zero-order chi connectivity index (χ0) is 21.0. The minimum absolute atomic E-state index is 0.148. The number of hydrogen-bond donors (Lipinski definition) is 3. The van der Waals surface area contributed by atoms with Crippen molar-refractivity contribution in [1.82, 2.24) is 9.97 Å². The molecule has 148 valence electrons. The highest BCUT2D eigenvalue weighted by Gasteiger charge is 2.12. The molecule has 29 heavy (non-hydrogen) atoms. The van der Waals surface area contributed by atoms with Crippen LogP contribution in [0, 0.1) is 20.8 Å². The Kier molecular flexibility index (Phi) is 5.87. The fourth-order valence-electron chi connectivity index (χ4n) is 3.02. The number of carbonyl (C=O) groups is 2. The summed E-state index contributed by atoms with van der Waals surface area (Å²) in [5, 5.41) is 8.77. The predicted molar refractivity (Wildman–Crippen MR) is 115 cm³/mol. The maximum atomic E-state index is 12.7. The van der Waals surface area contributed by atoms with Crippen molar-refractivity contribution in [2.24, 2.45) is 0 Å². The smallest absolute Gasteiger partial charge is 0.274 e. The van der Waals surface area contributed by atoms with E-state index >= 15 is 0 Å². The summed E-state index contributed by atoms with van der Waals surface area (Å²) in [6.07, 6.45) is 0. The SMILES string of the molecule is CC(=O)Nc1cccc(Nc2cc(C(=O)Nc3cc(C)cc(C)c3)nc(C)n2)c1. The summed E-state index contributed by atoms with van der Waals surface area (Å²) < 4.78 is 0. The van der Waals surface area contributed by atoms with E-state index in [1.807, 2.05) is 44.2 Å². The second-order valence-electron chi connectivity index (χ2n) is 6.90. The molecular formula is C22H23N5O2. The lowest BCUT2D eigenvalue weighted by Crippen LogP contribution is -2.15. The summed E-state index contributed by atoms with van der Waals surface area (Å²) in [6, 6.07) is 14.7. The first kappa shape index (κ1) is 20.0. The average Bonchev–Trinajstić information content (AvgIpc) is 2.60. The molecule has 1 aromatic heterocycles. The molecule has 2 amide bonds. The molecule has 3 rings (SSSR count). The van der Waals surface area contributed by atoms with E-state index in [2.05, 4.69) is 25.9 Å². The van der Waals surface area contributed by atoms with Crippen LogP contribution in [-0.2, 0) is 4.79 Å². The van der Waals surface area contributed by atoms with Crippen LogP contribution < -0.4 is 16.0 Å². The summed E-state index contributed by atoms with van der Waals surface area (Å²) in [7, 11) is 0. The molecule has 0 unspecified atom stereocenters. The van der Waals surface area contributed by atoms with E-state index in [1.165, 1.54) is 6.92 Å². The van der Waals surface area contributed by atoms with E-state index in [1.54, 1.807) is 25.1 Å². The van der Waals surface area contributed by atoms with Gasteiger partial charge in [0.25, 0.3) is 5.91 Å². The molecule has 0 saturated carbocycles. The third-order valence-electron chi connectivity index (χ3n) is 4.01. The Hall–Kier alpha value is -3.74. The number of anilines is 4. The number of benzene rings is 2. The second-order valence-corrected chi connectivity index (χ2v) is 6.90. The fourth-order valence-corrected chi connectivity index (χ4v) is 3.02. The number of amides is 2. The minimum atomic E-state index is -0.310. The van der Waals surface area contributed by atoms with E-state index in [4.69, 9.17) is 0 Å². The van der Waals surface area contributed by atoms with E-state index in [0.29, 0.717) is 17.3 Å². The Bertz CT molecular complexity index is 1060. The highest BCUT2D eigenvalue weighted by Crippen LogP contribution is 2.20. The zero-order valence-electron chi connectivity index (χ0n) is 16.8. The van der Waals surface area contributed by atoms with E-state index < -0.39 is 0 Å². The first-order chi connectivity index (χ1) is 13.8. The Labute approximate surface area is 169 Å². The van der Waals surface area contributed by atoms with Crippen molar-refractivity contribution in [2.45, 2.75) is 27.7 Å². The molecule has 7 heteroatoms. The van der Waals surface area contributed by atoms with Gasteiger partial charge in [0, 0.05) is 30.1 Å². The van der Waals surface area contributed by atoms with Gasteiger partial charge in [-0.05, 0) is 62.2 Å². The fraction of sp³-hybridized carbons (Fsp3) is 0.182. The molecule has 0 atom stereocenters. The number of nitrogens with one attached hydrogen (secondary N) is 3. The van der Waals surface area contributed by atoms with Gasteiger partial charge in [-0.2, -0.15) is 0 Å². The van der Waals surface area contributed by atoms with Crippen molar-refractivity contribution in [3.05, 3.63) is 71.2 Å². The second kappa shape index (κ2) is 8.52. The molecule has 3 aromatic rings. The summed E-state index contributed by atoms with van der Waals surface area (Å²) in [5.74, 6) is 0.502.